The van der Waals surface area contributed by atoms with Crippen molar-refractivity contribution in [2.45, 2.75) is 58.2 Å². The van der Waals surface area contributed by atoms with Crippen LogP contribution in [-0.2, 0) is 16.1 Å². The van der Waals surface area contributed by atoms with Gasteiger partial charge in [-0.05, 0) is 48.9 Å². The summed E-state index contributed by atoms with van der Waals surface area (Å²) < 4.78 is 0. The Morgan fingerprint density at radius 3 is 2.63 bits per heavy atom. The van der Waals surface area contributed by atoms with Gasteiger partial charge in [0, 0.05) is 25.6 Å². The van der Waals surface area contributed by atoms with Crippen LogP contribution in [0.1, 0.15) is 65.8 Å². The summed E-state index contributed by atoms with van der Waals surface area (Å²) in [5.41, 5.74) is 1.77. The number of nitrogens with zero attached hydrogens (tertiary/aromatic N) is 1. The zero-order valence-electron chi connectivity index (χ0n) is 17.4. The molecule has 0 spiro atoms. The van der Waals surface area contributed by atoms with Crippen LogP contribution in [0.15, 0.2) is 18.2 Å². The van der Waals surface area contributed by atoms with E-state index in [2.05, 4.69) is 29.8 Å². The summed E-state index contributed by atoms with van der Waals surface area (Å²) in [7, 11) is 0. The summed E-state index contributed by atoms with van der Waals surface area (Å²) in [6, 6.07) is 4.67. The Hall–Kier alpha value is -2.58. The molecule has 1 aromatic rings. The van der Waals surface area contributed by atoms with Gasteiger partial charge < -0.3 is 10.6 Å². The lowest BCUT2D eigenvalue weighted by molar-refractivity contribution is -0.136. The third-order valence-electron chi connectivity index (χ3n) is 6.51. The van der Waals surface area contributed by atoms with Gasteiger partial charge in [-0.3, -0.25) is 29.4 Å². The second kappa shape index (κ2) is 7.92. The highest BCUT2D eigenvalue weighted by atomic mass is 16.2. The molecule has 2 atom stereocenters. The lowest BCUT2D eigenvalue weighted by Crippen LogP contribution is -2.54. The Balaban J connectivity index is 1.43. The Morgan fingerprint density at radius 1 is 1.13 bits per heavy atom. The number of hydrogen-bond acceptors (Lipinski definition) is 6. The molecule has 2 unspecified atom stereocenters. The van der Waals surface area contributed by atoms with Crippen LogP contribution in [0, 0.1) is 5.41 Å². The van der Waals surface area contributed by atoms with E-state index in [-0.39, 0.29) is 24.2 Å². The molecule has 0 aromatic heterocycles. The van der Waals surface area contributed by atoms with E-state index in [1.54, 1.807) is 12.1 Å². The predicted octanol–water partition coefficient (Wildman–Crippen LogP) is 0.956. The van der Waals surface area contributed by atoms with Crippen molar-refractivity contribution in [3.8, 4) is 0 Å². The maximum atomic E-state index is 12.9. The molecule has 2 saturated heterocycles. The molecule has 0 bridgehead atoms. The van der Waals surface area contributed by atoms with Crippen molar-refractivity contribution in [1.82, 2.24) is 20.9 Å². The van der Waals surface area contributed by atoms with Gasteiger partial charge in [0.25, 0.3) is 11.8 Å². The first-order valence-electron chi connectivity index (χ1n) is 10.6. The Labute approximate surface area is 175 Å². The van der Waals surface area contributed by atoms with Crippen LogP contribution in [0.4, 0.5) is 0 Å². The topological polar surface area (TPSA) is 108 Å². The van der Waals surface area contributed by atoms with Crippen molar-refractivity contribution in [3.63, 3.8) is 0 Å². The standard InChI is InChI=1S/C22H28N4O4/c1-22(2)8-3-9-24-17(22)12-23-11-13-4-5-14-15(10-13)21(30)26(20(14)29)16-6-7-18(27)25-19(16)28/h4-5,10,16-17,23-24H,3,6-9,11-12H2,1-2H3,(H,25,27,28). The molecule has 30 heavy (non-hydrogen) atoms. The predicted molar refractivity (Wildman–Crippen MR) is 110 cm³/mol. The summed E-state index contributed by atoms with van der Waals surface area (Å²) in [6.07, 6.45) is 2.66. The van der Waals surface area contributed by atoms with E-state index in [0.717, 1.165) is 23.6 Å². The molecule has 3 heterocycles. The minimum atomic E-state index is -0.934. The SMILES string of the molecule is CC1(C)CCCNC1CNCc1ccc2c(c1)C(=O)N(C1CCC(=O)NC1=O)C2=O. The monoisotopic (exact) mass is 412 g/mol. The number of imide groups is 2. The number of rotatable bonds is 5. The smallest absolute Gasteiger partial charge is 0.262 e. The quantitative estimate of drug-likeness (QED) is 0.622. The van der Waals surface area contributed by atoms with E-state index in [1.807, 2.05) is 6.07 Å². The van der Waals surface area contributed by atoms with Crippen molar-refractivity contribution < 1.29 is 19.2 Å². The number of nitrogens with one attached hydrogen (secondary N) is 3. The maximum absolute atomic E-state index is 12.9. The molecule has 4 amide bonds. The molecule has 160 valence electrons. The minimum Gasteiger partial charge on any atom is -0.312 e. The van der Waals surface area contributed by atoms with E-state index in [0.29, 0.717) is 23.7 Å². The highest BCUT2D eigenvalue weighted by Crippen LogP contribution is 2.30. The first kappa shape index (κ1) is 20.7. The van der Waals surface area contributed by atoms with Crippen LogP contribution < -0.4 is 16.0 Å². The van der Waals surface area contributed by atoms with Crippen LogP contribution in [0.3, 0.4) is 0 Å². The highest BCUT2D eigenvalue weighted by Gasteiger charge is 2.44. The van der Waals surface area contributed by atoms with Gasteiger partial charge in [0.2, 0.25) is 11.8 Å². The number of carbonyl (C=O) groups is 4. The van der Waals surface area contributed by atoms with Gasteiger partial charge >= 0.3 is 0 Å². The summed E-state index contributed by atoms with van der Waals surface area (Å²) in [6.45, 7) is 6.98. The lowest BCUT2D eigenvalue weighted by Gasteiger charge is -2.39. The van der Waals surface area contributed by atoms with Crippen molar-refractivity contribution in [2.75, 3.05) is 13.1 Å². The molecule has 3 aliphatic rings. The van der Waals surface area contributed by atoms with Crippen molar-refractivity contribution in [3.05, 3.63) is 34.9 Å². The fourth-order valence-corrected chi connectivity index (χ4v) is 4.61. The fraction of sp³-hybridized carbons (Fsp3) is 0.545. The average Bonchev–Trinajstić information content (AvgIpc) is 2.94. The summed E-state index contributed by atoms with van der Waals surface area (Å²) in [4.78, 5) is 50.2. The average molecular weight is 412 g/mol. The van der Waals surface area contributed by atoms with Crippen LogP contribution in [0.2, 0.25) is 0 Å². The van der Waals surface area contributed by atoms with Gasteiger partial charge in [0.05, 0.1) is 11.1 Å². The molecule has 4 rings (SSSR count). The molecular weight excluding hydrogens is 384 g/mol. The lowest BCUT2D eigenvalue weighted by atomic mass is 9.77. The number of hydrogen-bond donors (Lipinski definition) is 3. The molecular formula is C22H28N4O4. The number of amides is 4. The second-order valence-corrected chi connectivity index (χ2v) is 9.06. The van der Waals surface area contributed by atoms with E-state index >= 15 is 0 Å². The number of carbonyl (C=O) groups excluding carboxylic acids is 4. The summed E-state index contributed by atoms with van der Waals surface area (Å²) >= 11 is 0. The van der Waals surface area contributed by atoms with Crippen molar-refractivity contribution in [1.29, 1.82) is 0 Å². The van der Waals surface area contributed by atoms with E-state index in [9.17, 15) is 19.2 Å². The largest absolute Gasteiger partial charge is 0.312 e. The normalized spacial score (nSPS) is 26.0. The number of piperidine rings is 2. The first-order valence-corrected chi connectivity index (χ1v) is 10.6. The Bertz CT molecular complexity index is 910. The third-order valence-corrected chi connectivity index (χ3v) is 6.51. The third kappa shape index (κ3) is 3.77. The Kier molecular flexibility index (Phi) is 5.46. The van der Waals surface area contributed by atoms with E-state index in [4.69, 9.17) is 0 Å². The maximum Gasteiger partial charge on any atom is 0.262 e. The van der Waals surface area contributed by atoms with Gasteiger partial charge in [-0.15, -0.1) is 0 Å². The molecule has 0 radical (unpaired) electrons. The molecule has 1 aromatic carbocycles. The minimum absolute atomic E-state index is 0.116. The van der Waals surface area contributed by atoms with Crippen molar-refractivity contribution >= 4 is 23.6 Å². The fourth-order valence-electron chi connectivity index (χ4n) is 4.61. The summed E-state index contributed by atoms with van der Waals surface area (Å²) in [5.74, 6) is -1.92. The molecule has 0 saturated carbocycles. The van der Waals surface area contributed by atoms with Crippen LogP contribution in [0.25, 0.3) is 0 Å². The molecule has 3 N–H and O–H groups in total. The second-order valence-electron chi connectivity index (χ2n) is 9.06. The Morgan fingerprint density at radius 2 is 1.90 bits per heavy atom. The molecule has 0 aliphatic carbocycles. The zero-order valence-corrected chi connectivity index (χ0v) is 17.4. The van der Waals surface area contributed by atoms with Gasteiger partial charge in [-0.25, -0.2) is 0 Å². The number of fused-ring (bicyclic) bond motifs is 1. The van der Waals surface area contributed by atoms with Crippen molar-refractivity contribution in [2.24, 2.45) is 5.41 Å². The van der Waals surface area contributed by atoms with Gasteiger partial charge in [-0.1, -0.05) is 19.9 Å². The van der Waals surface area contributed by atoms with E-state index < -0.39 is 23.8 Å². The molecule has 2 fully saturated rings. The molecule has 3 aliphatic heterocycles. The highest BCUT2D eigenvalue weighted by molar-refractivity contribution is 6.23. The van der Waals surface area contributed by atoms with Crippen LogP contribution in [-0.4, -0.2) is 53.7 Å². The first-order chi connectivity index (χ1) is 14.3. The van der Waals surface area contributed by atoms with Gasteiger partial charge in [-0.2, -0.15) is 0 Å². The van der Waals surface area contributed by atoms with E-state index in [1.165, 1.54) is 12.8 Å². The molecule has 8 heteroatoms. The van der Waals surface area contributed by atoms with Gasteiger partial charge in [0.15, 0.2) is 0 Å². The number of benzene rings is 1. The molecule has 8 nitrogen and oxygen atoms in total. The summed E-state index contributed by atoms with van der Waals surface area (Å²) in [5, 5.41) is 9.24. The van der Waals surface area contributed by atoms with Crippen LogP contribution >= 0.6 is 0 Å². The van der Waals surface area contributed by atoms with Gasteiger partial charge in [0.1, 0.15) is 6.04 Å². The zero-order chi connectivity index (χ0) is 21.5. The van der Waals surface area contributed by atoms with Crippen LogP contribution in [0.5, 0.6) is 0 Å².